The van der Waals surface area contributed by atoms with Crippen molar-refractivity contribution in [2.45, 2.75) is 9.79 Å². The van der Waals surface area contributed by atoms with Gasteiger partial charge in [0, 0.05) is 14.7 Å². The number of carbonyl (C=O) groups is 1. The number of fused-ring (bicyclic) bond motifs is 2. The van der Waals surface area contributed by atoms with Gasteiger partial charge in [0.1, 0.15) is 0 Å². The molecule has 0 spiro atoms. The Morgan fingerprint density at radius 3 is 1.73 bits per heavy atom. The summed E-state index contributed by atoms with van der Waals surface area (Å²) >= 11 is 0. The van der Waals surface area contributed by atoms with Crippen LogP contribution in [0.4, 0.5) is 0 Å². The maximum Gasteiger partial charge on any atom is 0.155 e. The largest absolute Gasteiger partial charge is 0.297 e. The van der Waals surface area contributed by atoms with Crippen LogP contribution in [0.2, 0.25) is 0 Å². The Balaban J connectivity index is 1.94. The van der Waals surface area contributed by atoms with Gasteiger partial charge in [0.25, 0.3) is 0 Å². The summed E-state index contributed by atoms with van der Waals surface area (Å²) in [6, 6.07) is 17.4. The lowest BCUT2D eigenvalue weighted by atomic mass is 10.0. The molecule has 3 heteroatoms. The van der Waals surface area contributed by atoms with Crippen LogP contribution in [0.15, 0.2) is 104 Å². The molecule has 0 N–H and O–H groups in total. The molecule has 3 aromatic carbocycles. The number of hydrogen-bond donors (Lipinski definition) is 2. The standard InChI is InChI=1S/C23H18OS2/c24-16-17-8-7-15-26(17)23-20-11-3-1-9-18(20)22(25-13-5-6-14-25)19-10-2-4-12-21(19)23/h1-16,25-26H. The molecule has 128 valence electrons. The molecule has 1 unspecified atom stereocenters. The number of benzene rings is 3. The molecule has 0 radical (unpaired) electrons. The zero-order valence-electron chi connectivity index (χ0n) is 14.0. The van der Waals surface area contributed by atoms with Crippen LogP contribution in [-0.2, 0) is 4.79 Å². The second-order valence-corrected chi connectivity index (χ2v) is 10.2. The highest BCUT2D eigenvalue weighted by Gasteiger charge is 2.22. The molecule has 3 aromatic rings. The van der Waals surface area contributed by atoms with Gasteiger partial charge in [-0.2, -0.15) is 21.8 Å². The van der Waals surface area contributed by atoms with Crippen molar-refractivity contribution in [2.24, 2.45) is 0 Å². The lowest BCUT2D eigenvalue weighted by Gasteiger charge is -2.25. The van der Waals surface area contributed by atoms with Gasteiger partial charge in [0.2, 0.25) is 0 Å². The smallest absolute Gasteiger partial charge is 0.155 e. The van der Waals surface area contributed by atoms with E-state index >= 15 is 0 Å². The predicted octanol–water partition coefficient (Wildman–Crippen LogP) is 6.36. The van der Waals surface area contributed by atoms with E-state index in [1.807, 2.05) is 12.2 Å². The first kappa shape index (κ1) is 15.7. The van der Waals surface area contributed by atoms with Crippen molar-refractivity contribution in [3.05, 3.63) is 94.0 Å². The lowest BCUT2D eigenvalue weighted by Crippen LogP contribution is -1.93. The summed E-state index contributed by atoms with van der Waals surface area (Å²) < 4.78 is 0. The Morgan fingerprint density at radius 2 is 1.19 bits per heavy atom. The van der Waals surface area contributed by atoms with E-state index in [1.165, 1.54) is 31.3 Å². The Morgan fingerprint density at radius 1 is 0.654 bits per heavy atom. The fourth-order valence-corrected chi connectivity index (χ4v) is 7.82. The monoisotopic (exact) mass is 374 g/mol. The third-order valence-electron chi connectivity index (χ3n) is 4.88. The molecule has 0 fully saturated rings. The topological polar surface area (TPSA) is 17.1 Å². The number of hydrogen-bond acceptors (Lipinski definition) is 1. The quantitative estimate of drug-likeness (QED) is 0.310. The van der Waals surface area contributed by atoms with Crippen molar-refractivity contribution in [1.29, 1.82) is 0 Å². The highest BCUT2D eigenvalue weighted by atomic mass is 32.2. The maximum atomic E-state index is 11.6. The maximum absolute atomic E-state index is 11.6. The zero-order valence-corrected chi connectivity index (χ0v) is 15.8. The summed E-state index contributed by atoms with van der Waals surface area (Å²) in [6.45, 7) is 0. The number of aldehydes is 1. The highest BCUT2D eigenvalue weighted by molar-refractivity contribution is 8.24. The van der Waals surface area contributed by atoms with E-state index in [0.717, 1.165) is 11.2 Å². The number of allylic oxidation sites excluding steroid dienone is 5. The molecular weight excluding hydrogens is 356 g/mol. The summed E-state index contributed by atoms with van der Waals surface area (Å²) in [5.74, 6) is 0. The van der Waals surface area contributed by atoms with E-state index < -0.39 is 21.8 Å². The molecule has 0 bridgehead atoms. The summed E-state index contributed by atoms with van der Waals surface area (Å²) in [7, 11) is -1.18. The average molecular weight is 375 g/mol. The molecule has 2 heterocycles. The van der Waals surface area contributed by atoms with Gasteiger partial charge in [-0.3, -0.25) is 4.79 Å². The normalized spacial score (nSPS) is 21.0. The first-order chi connectivity index (χ1) is 12.9. The average Bonchev–Trinajstić information content (AvgIpc) is 3.37. The van der Waals surface area contributed by atoms with Crippen molar-refractivity contribution >= 4 is 49.6 Å². The number of carbonyl (C=O) groups excluding carboxylic acids is 1. The Kier molecular flexibility index (Phi) is 3.84. The van der Waals surface area contributed by atoms with E-state index in [0.29, 0.717) is 0 Å². The van der Waals surface area contributed by atoms with E-state index in [9.17, 15) is 4.79 Å². The third kappa shape index (κ3) is 2.32. The highest BCUT2D eigenvalue weighted by Crippen LogP contribution is 2.57. The van der Waals surface area contributed by atoms with Crippen molar-refractivity contribution < 1.29 is 4.79 Å². The lowest BCUT2D eigenvalue weighted by molar-refractivity contribution is -0.104. The molecule has 0 aliphatic carbocycles. The van der Waals surface area contributed by atoms with Gasteiger partial charge in [-0.25, -0.2) is 0 Å². The summed E-state index contributed by atoms with van der Waals surface area (Å²) in [6.07, 6.45) is 9.32. The van der Waals surface area contributed by atoms with Crippen molar-refractivity contribution in [2.75, 3.05) is 0 Å². The molecule has 0 saturated heterocycles. The van der Waals surface area contributed by atoms with E-state index in [2.05, 4.69) is 76.9 Å². The van der Waals surface area contributed by atoms with Crippen LogP contribution in [0.5, 0.6) is 0 Å². The van der Waals surface area contributed by atoms with Gasteiger partial charge in [0.15, 0.2) is 6.29 Å². The van der Waals surface area contributed by atoms with Crippen LogP contribution in [0.25, 0.3) is 21.5 Å². The van der Waals surface area contributed by atoms with E-state index in [4.69, 9.17) is 0 Å². The Hall–Kier alpha value is -2.49. The van der Waals surface area contributed by atoms with E-state index in [1.54, 1.807) is 0 Å². The van der Waals surface area contributed by atoms with E-state index in [-0.39, 0.29) is 0 Å². The SMILES string of the molecule is O=CC1=CC=C[SH]1c1c2ccccc2c([SH]2C=CC=C2)c2ccccc12. The Bertz CT molecular complexity index is 1100. The minimum Gasteiger partial charge on any atom is -0.297 e. The Labute approximate surface area is 158 Å². The molecule has 0 saturated carbocycles. The van der Waals surface area contributed by atoms with Crippen molar-refractivity contribution in [1.82, 2.24) is 0 Å². The van der Waals surface area contributed by atoms with Crippen LogP contribution in [0.1, 0.15) is 0 Å². The van der Waals surface area contributed by atoms with Crippen LogP contribution >= 0.6 is 21.8 Å². The van der Waals surface area contributed by atoms with Crippen molar-refractivity contribution in [3.63, 3.8) is 0 Å². The molecule has 5 rings (SSSR count). The fraction of sp³-hybridized carbons (Fsp3) is 0. The molecule has 0 aromatic heterocycles. The predicted molar refractivity (Wildman–Crippen MR) is 118 cm³/mol. The molecule has 0 amide bonds. The fourth-order valence-electron chi connectivity index (χ4n) is 3.80. The first-order valence-corrected chi connectivity index (χ1v) is 11.5. The zero-order chi connectivity index (χ0) is 17.5. The summed E-state index contributed by atoms with van der Waals surface area (Å²) in [4.78, 5) is 15.3. The number of rotatable bonds is 3. The minimum absolute atomic E-state index is 0.435. The molecule has 1 atom stereocenters. The van der Waals surface area contributed by atoms with Crippen molar-refractivity contribution in [3.8, 4) is 0 Å². The minimum atomic E-state index is -0.744. The van der Waals surface area contributed by atoms with Crippen LogP contribution < -0.4 is 0 Å². The second-order valence-electron chi connectivity index (χ2n) is 6.30. The van der Waals surface area contributed by atoms with Gasteiger partial charge in [-0.15, -0.1) is 0 Å². The van der Waals surface area contributed by atoms with Gasteiger partial charge >= 0.3 is 0 Å². The molecule has 2 aliphatic heterocycles. The molecule has 2 aliphatic rings. The van der Waals surface area contributed by atoms with Crippen LogP contribution in [0, 0.1) is 0 Å². The van der Waals surface area contributed by atoms with Crippen LogP contribution in [0.3, 0.4) is 0 Å². The summed E-state index contributed by atoms with van der Waals surface area (Å²) in [5.41, 5.74) is 0. The molecular formula is C23H18OS2. The number of thiol groups is 2. The van der Waals surface area contributed by atoms with Gasteiger partial charge in [-0.05, 0) is 43.8 Å². The molecule has 26 heavy (non-hydrogen) atoms. The van der Waals surface area contributed by atoms with Gasteiger partial charge in [0.05, 0.1) is 0 Å². The second kappa shape index (κ2) is 6.35. The third-order valence-corrected chi connectivity index (χ3v) is 9.11. The van der Waals surface area contributed by atoms with Gasteiger partial charge in [-0.1, -0.05) is 66.8 Å². The summed E-state index contributed by atoms with van der Waals surface area (Å²) in [5, 5.41) is 12.0. The first-order valence-electron chi connectivity index (χ1n) is 8.58. The molecule has 1 nitrogen and oxygen atoms in total. The van der Waals surface area contributed by atoms with Crippen LogP contribution in [-0.4, -0.2) is 6.29 Å². The van der Waals surface area contributed by atoms with Gasteiger partial charge < -0.3 is 0 Å².